The van der Waals surface area contributed by atoms with Gasteiger partial charge in [0.05, 0.1) is 6.20 Å². The van der Waals surface area contributed by atoms with Crippen LogP contribution in [0.25, 0.3) is 0 Å². The monoisotopic (exact) mass is 260 g/mol. The van der Waals surface area contributed by atoms with Gasteiger partial charge in [0.25, 0.3) is 5.91 Å². The highest BCUT2D eigenvalue weighted by atomic mass is 16.5. The van der Waals surface area contributed by atoms with E-state index in [1.54, 1.807) is 19.3 Å². The molecule has 1 N–H and O–H groups in total. The van der Waals surface area contributed by atoms with Gasteiger partial charge in [0, 0.05) is 20.4 Å². The van der Waals surface area contributed by atoms with E-state index < -0.39 is 5.91 Å². The zero-order valence-electron chi connectivity index (χ0n) is 10.5. The molecule has 8 heteroatoms. The summed E-state index contributed by atoms with van der Waals surface area (Å²) in [6, 6.07) is 3.52. The van der Waals surface area contributed by atoms with Crippen LogP contribution in [0.3, 0.4) is 0 Å². The molecule has 0 spiro atoms. The average Bonchev–Trinajstić information content (AvgIpc) is 2.98. The highest BCUT2D eigenvalue weighted by Gasteiger charge is 2.15. The van der Waals surface area contributed by atoms with Gasteiger partial charge in [-0.25, -0.2) is 4.68 Å². The molecule has 0 unspecified atom stereocenters. The van der Waals surface area contributed by atoms with E-state index in [1.807, 2.05) is 6.07 Å². The fourth-order valence-electron chi connectivity index (χ4n) is 1.53. The van der Waals surface area contributed by atoms with Gasteiger partial charge in [-0.15, -0.1) is 0 Å². The maximum Gasteiger partial charge on any atom is 0.277 e. The number of hydrogen-bond acceptors (Lipinski definition) is 5. The number of nitriles is 1. The van der Waals surface area contributed by atoms with Gasteiger partial charge >= 0.3 is 0 Å². The smallest absolute Gasteiger partial charge is 0.277 e. The molecule has 1 amide bonds. The second-order valence-corrected chi connectivity index (χ2v) is 3.75. The minimum Gasteiger partial charge on any atom is -0.362 e. The molecule has 2 heterocycles. The van der Waals surface area contributed by atoms with Gasteiger partial charge in [-0.2, -0.15) is 15.5 Å². The summed E-state index contributed by atoms with van der Waals surface area (Å²) < 4.78 is 7.80. The predicted octanol–water partition coefficient (Wildman–Crippen LogP) is 0.344. The standard InChI is InChI=1S/C11H12N6O2/c1-16-10(8(5-12)6-13-16)14-11(18)9-3-4-17(15-9)7-19-2/h3-4,6H,7H2,1-2H3,(H,14,18). The lowest BCUT2D eigenvalue weighted by molar-refractivity contribution is 0.101. The number of nitrogens with zero attached hydrogens (tertiary/aromatic N) is 5. The Kier molecular flexibility index (Phi) is 3.58. The van der Waals surface area contributed by atoms with E-state index in [4.69, 9.17) is 10.00 Å². The van der Waals surface area contributed by atoms with Crippen LogP contribution >= 0.6 is 0 Å². The van der Waals surface area contributed by atoms with Gasteiger partial charge in [0.15, 0.2) is 5.69 Å². The van der Waals surface area contributed by atoms with E-state index in [9.17, 15) is 4.79 Å². The van der Waals surface area contributed by atoms with Crippen molar-refractivity contribution in [2.45, 2.75) is 6.73 Å². The zero-order valence-corrected chi connectivity index (χ0v) is 10.5. The topological polar surface area (TPSA) is 97.8 Å². The number of hydrogen-bond donors (Lipinski definition) is 1. The summed E-state index contributed by atoms with van der Waals surface area (Å²) in [6.45, 7) is 0.266. The Morgan fingerprint density at radius 1 is 1.63 bits per heavy atom. The fraction of sp³-hybridized carbons (Fsp3) is 0.273. The van der Waals surface area contributed by atoms with Gasteiger partial charge in [-0.05, 0) is 6.07 Å². The molecule has 0 saturated heterocycles. The minimum atomic E-state index is -0.407. The number of aryl methyl sites for hydroxylation is 1. The van der Waals surface area contributed by atoms with Gasteiger partial charge in [-0.3, -0.25) is 9.48 Å². The first kappa shape index (κ1) is 12.8. The third-order valence-electron chi connectivity index (χ3n) is 2.43. The van der Waals surface area contributed by atoms with E-state index >= 15 is 0 Å². The molecule has 2 rings (SSSR count). The summed E-state index contributed by atoms with van der Waals surface area (Å²) >= 11 is 0. The summed E-state index contributed by atoms with van der Waals surface area (Å²) in [5.41, 5.74) is 0.536. The second kappa shape index (κ2) is 5.32. The van der Waals surface area contributed by atoms with Crippen molar-refractivity contribution in [1.29, 1.82) is 5.26 Å². The SMILES string of the molecule is COCn1ccc(C(=O)Nc2c(C#N)cnn2C)n1. The molecule has 19 heavy (non-hydrogen) atoms. The van der Waals surface area contributed by atoms with Crippen molar-refractivity contribution in [2.75, 3.05) is 12.4 Å². The Balaban J connectivity index is 2.16. The number of rotatable bonds is 4. The van der Waals surface area contributed by atoms with Crippen LogP contribution in [0.1, 0.15) is 16.1 Å². The van der Waals surface area contributed by atoms with Crippen LogP contribution in [-0.2, 0) is 18.5 Å². The van der Waals surface area contributed by atoms with E-state index in [1.165, 1.54) is 22.7 Å². The van der Waals surface area contributed by atoms with Crippen molar-refractivity contribution in [3.63, 3.8) is 0 Å². The van der Waals surface area contributed by atoms with Crippen LogP contribution in [0.2, 0.25) is 0 Å². The highest BCUT2D eigenvalue weighted by molar-refractivity contribution is 6.02. The predicted molar refractivity (Wildman–Crippen MR) is 65.1 cm³/mol. The summed E-state index contributed by atoms with van der Waals surface area (Å²) in [5.74, 6) is -0.0660. The minimum absolute atomic E-state index is 0.238. The quantitative estimate of drug-likeness (QED) is 0.855. The molecule has 2 aromatic rings. The van der Waals surface area contributed by atoms with Crippen LogP contribution < -0.4 is 5.32 Å². The second-order valence-electron chi connectivity index (χ2n) is 3.75. The van der Waals surface area contributed by atoms with E-state index in [0.717, 1.165) is 0 Å². The van der Waals surface area contributed by atoms with E-state index in [-0.39, 0.29) is 12.4 Å². The van der Waals surface area contributed by atoms with Crippen molar-refractivity contribution >= 4 is 11.7 Å². The van der Waals surface area contributed by atoms with Gasteiger partial charge < -0.3 is 10.1 Å². The van der Waals surface area contributed by atoms with Crippen LogP contribution in [0, 0.1) is 11.3 Å². The largest absolute Gasteiger partial charge is 0.362 e. The van der Waals surface area contributed by atoms with Crippen molar-refractivity contribution in [2.24, 2.45) is 7.05 Å². The first-order valence-electron chi connectivity index (χ1n) is 5.41. The van der Waals surface area contributed by atoms with Crippen molar-refractivity contribution in [3.8, 4) is 6.07 Å². The Labute approximate surface area is 109 Å². The van der Waals surface area contributed by atoms with E-state index in [0.29, 0.717) is 11.4 Å². The molecule has 0 aliphatic heterocycles. The lowest BCUT2D eigenvalue weighted by atomic mass is 10.3. The average molecular weight is 260 g/mol. The summed E-state index contributed by atoms with van der Waals surface area (Å²) in [7, 11) is 3.18. The molecule has 0 aromatic carbocycles. The number of aromatic nitrogens is 4. The molecule has 0 aliphatic carbocycles. The third kappa shape index (κ3) is 2.61. The third-order valence-corrected chi connectivity index (χ3v) is 2.43. The number of carbonyl (C=O) groups excluding carboxylic acids is 1. The lowest BCUT2D eigenvalue weighted by Gasteiger charge is -2.04. The summed E-state index contributed by atoms with van der Waals surface area (Å²) in [6.07, 6.45) is 3.02. The molecule has 0 radical (unpaired) electrons. The van der Waals surface area contributed by atoms with Gasteiger partial charge in [-0.1, -0.05) is 0 Å². The Morgan fingerprint density at radius 3 is 3.11 bits per heavy atom. The molecule has 0 saturated carbocycles. The normalized spacial score (nSPS) is 10.2. The number of methoxy groups -OCH3 is 1. The Morgan fingerprint density at radius 2 is 2.42 bits per heavy atom. The molecular weight excluding hydrogens is 248 g/mol. The number of amides is 1. The van der Waals surface area contributed by atoms with Gasteiger partial charge in [0.2, 0.25) is 0 Å². The van der Waals surface area contributed by atoms with Crippen LogP contribution in [-0.4, -0.2) is 32.6 Å². The maximum atomic E-state index is 12.0. The highest BCUT2D eigenvalue weighted by Crippen LogP contribution is 2.13. The Bertz CT molecular complexity index is 636. The van der Waals surface area contributed by atoms with Crippen molar-refractivity contribution in [3.05, 3.63) is 29.7 Å². The Hall–Kier alpha value is -2.66. The maximum absolute atomic E-state index is 12.0. The van der Waals surface area contributed by atoms with Crippen molar-refractivity contribution in [1.82, 2.24) is 19.6 Å². The lowest BCUT2D eigenvalue weighted by Crippen LogP contribution is -2.16. The number of nitrogens with one attached hydrogen (secondary N) is 1. The molecule has 0 fully saturated rings. The molecule has 2 aromatic heterocycles. The zero-order chi connectivity index (χ0) is 13.8. The number of anilines is 1. The van der Waals surface area contributed by atoms with Crippen LogP contribution in [0.4, 0.5) is 5.82 Å². The molecule has 98 valence electrons. The van der Waals surface area contributed by atoms with Crippen LogP contribution in [0.15, 0.2) is 18.5 Å². The molecular formula is C11H12N6O2. The fourth-order valence-corrected chi connectivity index (χ4v) is 1.53. The van der Waals surface area contributed by atoms with Crippen molar-refractivity contribution < 1.29 is 9.53 Å². The molecule has 0 bridgehead atoms. The number of carbonyl (C=O) groups is 1. The van der Waals surface area contributed by atoms with Crippen LogP contribution in [0.5, 0.6) is 0 Å². The van der Waals surface area contributed by atoms with Gasteiger partial charge in [0.1, 0.15) is 24.2 Å². The first-order chi connectivity index (χ1) is 9.15. The molecule has 8 nitrogen and oxygen atoms in total. The first-order valence-corrected chi connectivity index (χ1v) is 5.41. The molecule has 0 atom stereocenters. The summed E-state index contributed by atoms with van der Waals surface area (Å²) in [4.78, 5) is 12.0. The summed E-state index contributed by atoms with van der Waals surface area (Å²) in [5, 5.41) is 19.4. The van der Waals surface area contributed by atoms with E-state index in [2.05, 4.69) is 15.5 Å². The number of ether oxygens (including phenoxy) is 1. The molecule has 0 aliphatic rings.